The van der Waals surface area contributed by atoms with Gasteiger partial charge in [-0.1, -0.05) is 16.8 Å². The second-order valence-corrected chi connectivity index (χ2v) is 4.79. The number of carbonyl (C=O) groups is 2. The molecule has 1 N–H and O–H groups in total. The van der Waals surface area contributed by atoms with Gasteiger partial charge in [0.05, 0.1) is 6.54 Å². The van der Waals surface area contributed by atoms with E-state index in [9.17, 15) is 9.59 Å². The molecule has 0 saturated heterocycles. The number of nitrogens with one attached hydrogen (secondary N) is 1. The van der Waals surface area contributed by atoms with Gasteiger partial charge in [-0.25, -0.2) is 9.59 Å². The summed E-state index contributed by atoms with van der Waals surface area (Å²) in [6, 6.07) is -0.275. The smallest absolute Gasteiger partial charge is 0.407 e. The first-order chi connectivity index (χ1) is 8.83. The molecular formula is C11H15ClN2O5. The fraction of sp³-hybridized carbons (Fsp3) is 0.545. The lowest BCUT2D eigenvalue weighted by atomic mass is 10.2. The Morgan fingerprint density at radius 2 is 2.16 bits per heavy atom. The van der Waals surface area contributed by atoms with Gasteiger partial charge in [0.25, 0.3) is 0 Å². The first-order valence-corrected chi connectivity index (χ1v) is 6.00. The van der Waals surface area contributed by atoms with Crippen molar-refractivity contribution in [1.29, 1.82) is 0 Å². The Bertz CT molecular complexity index is 452. The highest BCUT2D eigenvalue weighted by Crippen LogP contribution is 2.10. The maximum Gasteiger partial charge on any atom is 0.407 e. The van der Waals surface area contributed by atoms with Crippen molar-refractivity contribution in [2.75, 3.05) is 6.07 Å². The summed E-state index contributed by atoms with van der Waals surface area (Å²) in [5, 5.41) is 6.05. The second kappa shape index (κ2) is 6.42. The number of esters is 1. The minimum absolute atomic E-state index is 0.0157. The van der Waals surface area contributed by atoms with E-state index in [2.05, 4.69) is 19.7 Å². The average Bonchev–Trinajstić information content (AvgIpc) is 2.72. The Balaban J connectivity index is 2.57. The standard InChI is InChI=1S/C11H15ClN2O5/c1-11(2,3)19-10(16)13-4-8-7(5-18-14-8)9(15)17-6-12/h5H,4,6H2,1-3H3,(H,13,16). The first kappa shape index (κ1) is 15.3. The van der Waals surface area contributed by atoms with Crippen molar-refractivity contribution in [3.05, 3.63) is 17.5 Å². The van der Waals surface area contributed by atoms with Crippen LogP contribution in [0.25, 0.3) is 0 Å². The summed E-state index contributed by atoms with van der Waals surface area (Å²) in [5.74, 6) is -0.669. The molecule has 106 valence electrons. The summed E-state index contributed by atoms with van der Waals surface area (Å²) in [6.07, 6.45) is 0.508. The molecule has 0 saturated carbocycles. The monoisotopic (exact) mass is 290 g/mol. The van der Waals surface area contributed by atoms with Crippen LogP contribution >= 0.6 is 11.6 Å². The van der Waals surface area contributed by atoms with Gasteiger partial charge < -0.3 is 19.3 Å². The van der Waals surface area contributed by atoms with Crippen molar-refractivity contribution >= 4 is 23.7 Å². The van der Waals surface area contributed by atoms with E-state index < -0.39 is 17.7 Å². The molecule has 7 nitrogen and oxygen atoms in total. The van der Waals surface area contributed by atoms with Crippen molar-refractivity contribution in [2.24, 2.45) is 0 Å². The lowest BCUT2D eigenvalue weighted by molar-refractivity contribution is 0.0515. The van der Waals surface area contributed by atoms with Gasteiger partial charge in [-0.2, -0.15) is 0 Å². The summed E-state index contributed by atoms with van der Waals surface area (Å²) >= 11 is 5.28. The highest BCUT2D eigenvalue weighted by molar-refractivity contribution is 6.17. The summed E-state index contributed by atoms with van der Waals surface area (Å²) in [6.45, 7) is 5.21. The number of alkyl carbamates (subject to hydrolysis) is 1. The van der Waals surface area contributed by atoms with E-state index in [4.69, 9.17) is 16.3 Å². The van der Waals surface area contributed by atoms with Crippen molar-refractivity contribution in [2.45, 2.75) is 32.9 Å². The summed E-state index contributed by atoms with van der Waals surface area (Å²) in [7, 11) is 0. The highest BCUT2D eigenvalue weighted by atomic mass is 35.5. The van der Waals surface area contributed by atoms with Gasteiger partial charge in [0.2, 0.25) is 0 Å². The zero-order valence-corrected chi connectivity index (χ0v) is 11.6. The van der Waals surface area contributed by atoms with Crippen molar-refractivity contribution in [3.8, 4) is 0 Å². The number of rotatable bonds is 4. The molecule has 0 fully saturated rings. The number of ether oxygens (including phenoxy) is 2. The number of aromatic nitrogens is 1. The number of nitrogens with zero attached hydrogens (tertiary/aromatic N) is 1. The van der Waals surface area contributed by atoms with Gasteiger partial charge in [-0.05, 0) is 20.8 Å². The van der Waals surface area contributed by atoms with Crippen LogP contribution in [-0.2, 0) is 16.0 Å². The molecule has 1 rings (SSSR count). The van der Waals surface area contributed by atoms with E-state index in [0.717, 1.165) is 6.26 Å². The van der Waals surface area contributed by atoms with E-state index in [1.54, 1.807) is 20.8 Å². The average molecular weight is 291 g/mol. The topological polar surface area (TPSA) is 90.7 Å². The SMILES string of the molecule is CC(C)(C)OC(=O)NCc1nocc1C(=O)OCCl. The van der Waals surface area contributed by atoms with Crippen molar-refractivity contribution < 1.29 is 23.6 Å². The molecule has 1 amide bonds. The van der Waals surface area contributed by atoms with E-state index in [1.807, 2.05) is 0 Å². The maximum absolute atomic E-state index is 11.4. The molecular weight excluding hydrogens is 276 g/mol. The Labute approximate surface area is 115 Å². The van der Waals surface area contributed by atoms with Gasteiger partial charge in [0, 0.05) is 0 Å². The minimum atomic E-state index is -0.669. The van der Waals surface area contributed by atoms with Gasteiger partial charge in [0.1, 0.15) is 23.1 Å². The number of amides is 1. The second-order valence-electron chi connectivity index (χ2n) is 4.57. The zero-order valence-electron chi connectivity index (χ0n) is 10.9. The van der Waals surface area contributed by atoms with Crippen LogP contribution in [0.1, 0.15) is 36.8 Å². The lowest BCUT2D eigenvalue weighted by Crippen LogP contribution is -2.32. The highest BCUT2D eigenvalue weighted by Gasteiger charge is 2.20. The Morgan fingerprint density at radius 3 is 2.74 bits per heavy atom. The number of carbonyl (C=O) groups excluding carboxylic acids is 2. The van der Waals surface area contributed by atoms with Gasteiger partial charge in [0.15, 0.2) is 6.07 Å². The molecule has 0 aromatic carbocycles. The van der Waals surface area contributed by atoms with Gasteiger partial charge >= 0.3 is 12.1 Å². The van der Waals surface area contributed by atoms with Crippen LogP contribution in [0.4, 0.5) is 4.79 Å². The van der Waals surface area contributed by atoms with Gasteiger partial charge in [-0.15, -0.1) is 0 Å². The minimum Gasteiger partial charge on any atom is -0.446 e. The molecule has 0 spiro atoms. The third-order valence-corrected chi connectivity index (χ3v) is 1.96. The Morgan fingerprint density at radius 1 is 1.47 bits per heavy atom. The molecule has 1 aromatic heterocycles. The molecule has 1 heterocycles. The molecule has 8 heteroatoms. The van der Waals surface area contributed by atoms with Crippen LogP contribution in [0.3, 0.4) is 0 Å². The third kappa shape index (κ3) is 5.17. The Hall–Kier alpha value is -1.76. The summed E-state index contributed by atoms with van der Waals surface area (Å²) < 4.78 is 14.3. The van der Waals surface area contributed by atoms with Crippen molar-refractivity contribution in [1.82, 2.24) is 10.5 Å². The summed E-state index contributed by atoms with van der Waals surface area (Å²) in [4.78, 5) is 22.9. The largest absolute Gasteiger partial charge is 0.446 e. The Kier molecular flexibility index (Phi) is 5.17. The number of hydrogen-bond acceptors (Lipinski definition) is 6. The van der Waals surface area contributed by atoms with E-state index in [0.29, 0.717) is 0 Å². The number of alkyl halides is 1. The number of halogens is 1. The molecule has 0 unspecified atom stereocenters. The van der Waals surface area contributed by atoms with Crippen LogP contribution in [0.2, 0.25) is 0 Å². The van der Waals surface area contributed by atoms with E-state index >= 15 is 0 Å². The molecule has 0 radical (unpaired) electrons. The molecule has 19 heavy (non-hydrogen) atoms. The number of hydrogen-bond donors (Lipinski definition) is 1. The van der Waals surface area contributed by atoms with Gasteiger partial charge in [-0.3, -0.25) is 0 Å². The summed E-state index contributed by atoms with van der Waals surface area (Å²) in [5.41, 5.74) is -0.258. The van der Waals surface area contributed by atoms with Crippen LogP contribution in [0.15, 0.2) is 10.8 Å². The molecule has 0 aliphatic carbocycles. The quantitative estimate of drug-likeness (QED) is 0.674. The normalized spacial score (nSPS) is 10.9. The molecule has 0 aliphatic heterocycles. The lowest BCUT2D eigenvalue weighted by Gasteiger charge is -2.19. The molecule has 0 aliphatic rings. The van der Waals surface area contributed by atoms with Crippen LogP contribution < -0.4 is 5.32 Å². The predicted octanol–water partition coefficient (Wildman–Crippen LogP) is 2.05. The molecule has 0 atom stereocenters. The first-order valence-electron chi connectivity index (χ1n) is 5.46. The fourth-order valence-corrected chi connectivity index (χ4v) is 1.25. The van der Waals surface area contributed by atoms with Crippen molar-refractivity contribution in [3.63, 3.8) is 0 Å². The van der Waals surface area contributed by atoms with Crippen LogP contribution in [0, 0.1) is 0 Å². The van der Waals surface area contributed by atoms with Crippen LogP contribution in [-0.4, -0.2) is 28.9 Å². The zero-order chi connectivity index (χ0) is 14.5. The predicted molar refractivity (Wildman–Crippen MR) is 65.7 cm³/mol. The third-order valence-electron chi connectivity index (χ3n) is 1.85. The van der Waals surface area contributed by atoms with E-state index in [1.165, 1.54) is 0 Å². The molecule has 0 bridgehead atoms. The maximum atomic E-state index is 11.4. The van der Waals surface area contributed by atoms with Crippen LogP contribution in [0.5, 0.6) is 0 Å². The fourth-order valence-electron chi connectivity index (χ4n) is 1.15. The molecule has 1 aromatic rings. The van der Waals surface area contributed by atoms with E-state index in [-0.39, 0.29) is 23.9 Å².